The van der Waals surface area contributed by atoms with E-state index in [9.17, 15) is 14.4 Å². The Labute approximate surface area is 165 Å². The summed E-state index contributed by atoms with van der Waals surface area (Å²) in [6.45, 7) is 5.14. The molecule has 0 bridgehead atoms. The number of hydrogen-bond donors (Lipinski definition) is 3. The van der Waals surface area contributed by atoms with Crippen molar-refractivity contribution in [3.63, 3.8) is 0 Å². The number of nitrogens with zero attached hydrogens (tertiary/aromatic N) is 1. The molecule has 1 aromatic carbocycles. The number of carbonyl (C=O) groups is 3. The third-order valence-corrected chi connectivity index (χ3v) is 4.82. The average Bonchev–Trinajstić information content (AvgIpc) is 3.15. The number of nitrogens with two attached hydrogens (primary N) is 2. The van der Waals surface area contributed by atoms with Crippen LogP contribution in [-0.4, -0.2) is 54.9 Å². The SMILES string of the molecule is CC(C)(COc1ccccc1C(N)=O)C(=O)N1CCC[C@H]1C(=O)NCCCN. The Morgan fingerprint density at radius 1 is 1.29 bits per heavy atom. The monoisotopic (exact) mass is 390 g/mol. The van der Waals surface area contributed by atoms with Crippen LogP contribution >= 0.6 is 0 Å². The van der Waals surface area contributed by atoms with E-state index in [0.29, 0.717) is 38.2 Å². The summed E-state index contributed by atoms with van der Waals surface area (Å²) in [5.41, 5.74) is 10.2. The minimum atomic E-state index is -0.870. The third kappa shape index (κ3) is 5.22. The predicted molar refractivity (Wildman–Crippen MR) is 106 cm³/mol. The topological polar surface area (TPSA) is 128 Å². The number of para-hydroxylation sites is 1. The molecule has 154 valence electrons. The molecule has 1 aliphatic heterocycles. The zero-order valence-electron chi connectivity index (χ0n) is 16.6. The first-order chi connectivity index (χ1) is 13.3. The van der Waals surface area contributed by atoms with Crippen molar-refractivity contribution in [1.82, 2.24) is 10.2 Å². The number of hydrogen-bond acceptors (Lipinski definition) is 5. The maximum Gasteiger partial charge on any atom is 0.252 e. The number of carbonyl (C=O) groups excluding carboxylic acids is 3. The first-order valence-electron chi connectivity index (χ1n) is 9.58. The van der Waals surface area contributed by atoms with Gasteiger partial charge in [-0.05, 0) is 51.8 Å². The van der Waals surface area contributed by atoms with Crippen LogP contribution in [0.2, 0.25) is 0 Å². The second-order valence-electron chi connectivity index (χ2n) is 7.62. The molecule has 1 aliphatic rings. The van der Waals surface area contributed by atoms with Gasteiger partial charge in [0.1, 0.15) is 18.4 Å². The highest BCUT2D eigenvalue weighted by Crippen LogP contribution is 2.28. The molecule has 5 N–H and O–H groups in total. The molecule has 1 atom stereocenters. The highest BCUT2D eigenvalue weighted by molar-refractivity contribution is 5.95. The molecule has 0 unspecified atom stereocenters. The van der Waals surface area contributed by atoms with Gasteiger partial charge in [0, 0.05) is 13.1 Å². The van der Waals surface area contributed by atoms with E-state index in [-0.39, 0.29) is 24.0 Å². The van der Waals surface area contributed by atoms with Crippen molar-refractivity contribution in [2.45, 2.75) is 39.2 Å². The molecule has 0 radical (unpaired) electrons. The van der Waals surface area contributed by atoms with Crippen molar-refractivity contribution in [2.24, 2.45) is 16.9 Å². The fourth-order valence-corrected chi connectivity index (χ4v) is 3.22. The fourth-order valence-electron chi connectivity index (χ4n) is 3.22. The van der Waals surface area contributed by atoms with Gasteiger partial charge >= 0.3 is 0 Å². The molecule has 2 rings (SSSR count). The van der Waals surface area contributed by atoms with Crippen molar-refractivity contribution >= 4 is 17.7 Å². The Kier molecular flexibility index (Phi) is 7.39. The second kappa shape index (κ2) is 9.54. The molecule has 8 nitrogen and oxygen atoms in total. The third-order valence-electron chi connectivity index (χ3n) is 4.82. The van der Waals surface area contributed by atoms with Crippen LogP contribution in [0.25, 0.3) is 0 Å². The predicted octanol–water partition coefficient (Wildman–Crippen LogP) is 0.647. The lowest BCUT2D eigenvalue weighted by atomic mass is 9.92. The highest BCUT2D eigenvalue weighted by Gasteiger charge is 2.41. The summed E-state index contributed by atoms with van der Waals surface area (Å²) in [5.74, 6) is -0.544. The first kappa shape index (κ1) is 21.7. The molecule has 1 fully saturated rings. The molecule has 1 heterocycles. The molecule has 1 aromatic rings. The number of nitrogens with one attached hydrogen (secondary N) is 1. The molecule has 0 aliphatic carbocycles. The van der Waals surface area contributed by atoms with Gasteiger partial charge in [-0.2, -0.15) is 0 Å². The van der Waals surface area contributed by atoms with E-state index >= 15 is 0 Å². The van der Waals surface area contributed by atoms with Crippen LogP contribution in [0.1, 0.15) is 43.5 Å². The molecule has 0 aromatic heterocycles. The number of likely N-dealkylation sites (tertiary alicyclic amines) is 1. The quantitative estimate of drug-likeness (QED) is 0.533. The van der Waals surface area contributed by atoms with Crippen molar-refractivity contribution in [1.29, 1.82) is 0 Å². The number of benzene rings is 1. The van der Waals surface area contributed by atoms with E-state index in [4.69, 9.17) is 16.2 Å². The van der Waals surface area contributed by atoms with Crippen LogP contribution in [0, 0.1) is 5.41 Å². The van der Waals surface area contributed by atoms with Gasteiger partial charge in [-0.3, -0.25) is 14.4 Å². The van der Waals surface area contributed by atoms with E-state index in [1.54, 1.807) is 43.0 Å². The Balaban J connectivity index is 2.03. The van der Waals surface area contributed by atoms with Crippen LogP contribution in [0.3, 0.4) is 0 Å². The minimum absolute atomic E-state index is 0.0636. The molecule has 0 saturated carbocycles. The Bertz CT molecular complexity index is 720. The van der Waals surface area contributed by atoms with Gasteiger partial charge < -0.3 is 26.4 Å². The standard InChI is InChI=1S/C20H30N4O4/c1-20(2,13-28-16-9-4-3-7-14(16)17(22)25)19(27)24-12-5-8-15(24)18(26)23-11-6-10-21/h3-4,7,9,15H,5-6,8,10-13,21H2,1-2H3,(H2,22,25)(H,23,26)/t15-/m0/s1. The van der Waals surface area contributed by atoms with Crippen LogP contribution in [0.15, 0.2) is 24.3 Å². The highest BCUT2D eigenvalue weighted by atomic mass is 16.5. The molecule has 8 heteroatoms. The molecular formula is C20H30N4O4. The molecule has 28 heavy (non-hydrogen) atoms. The van der Waals surface area contributed by atoms with Gasteiger partial charge in [0.05, 0.1) is 11.0 Å². The van der Waals surface area contributed by atoms with E-state index < -0.39 is 17.4 Å². The van der Waals surface area contributed by atoms with Gasteiger partial charge in [0.15, 0.2) is 0 Å². The molecular weight excluding hydrogens is 360 g/mol. The summed E-state index contributed by atoms with van der Waals surface area (Å²) in [4.78, 5) is 38.7. The summed E-state index contributed by atoms with van der Waals surface area (Å²) in [6.07, 6.45) is 2.12. The van der Waals surface area contributed by atoms with Gasteiger partial charge in [-0.25, -0.2) is 0 Å². The maximum absolute atomic E-state index is 13.1. The second-order valence-corrected chi connectivity index (χ2v) is 7.62. The van der Waals surface area contributed by atoms with Crippen LogP contribution in [0.4, 0.5) is 0 Å². The van der Waals surface area contributed by atoms with Crippen molar-refractivity contribution in [3.8, 4) is 5.75 Å². The summed E-state index contributed by atoms with van der Waals surface area (Å²) < 4.78 is 5.76. The zero-order chi connectivity index (χ0) is 20.7. The summed E-state index contributed by atoms with van der Waals surface area (Å²) in [6, 6.07) is 6.18. The molecule has 1 saturated heterocycles. The number of primary amides is 1. The first-order valence-corrected chi connectivity index (χ1v) is 9.58. The normalized spacial score (nSPS) is 16.7. The van der Waals surface area contributed by atoms with Crippen LogP contribution < -0.4 is 21.5 Å². The Morgan fingerprint density at radius 3 is 2.68 bits per heavy atom. The van der Waals surface area contributed by atoms with Crippen molar-refractivity contribution < 1.29 is 19.1 Å². The van der Waals surface area contributed by atoms with E-state index in [1.165, 1.54) is 0 Å². The Hall–Kier alpha value is -2.61. The summed E-state index contributed by atoms with van der Waals surface area (Å²) in [7, 11) is 0. The van der Waals surface area contributed by atoms with Crippen molar-refractivity contribution in [3.05, 3.63) is 29.8 Å². The fraction of sp³-hybridized carbons (Fsp3) is 0.550. The van der Waals surface area contributed by atoms with E-state index in [2.05, 4.69) is 5.32 Å². The van der Waals surface area contributed by atoms with E-state index in [0.717, 1.165) is 6.42 Å². The zero-order valence-corrected chi connectivity index (χ0v) is 16.6. The van der Waals surface area contributed by atoms with E-state index in [1.807, 2.05) is 0 Å². The number of amides is 3. The van der Waals surface area contributed by atoms with Gasteiger partial charge in [0.2, 0.25) is 11.8 Å². The lowest BCUT2D eigenvalue weighted by Gasteiger charge is -2.32. The van der Waals surface area contributed by atoms with Crippen molar-refractivity contribution in [2.75, 3.05) is 26.2 Å². The summed E-state index contributed by atoms with van der Waals surface area (Å²) in [5, 5.41) is 2.84. The molecule has 3 amide bonds. The lowest BCUT2D eigenvalue weighted by molar-refractivity contribution is -0.146. The average molecular weight is 390 g/mol. The van der Waals surface area contributed by atoms with Crippen LogP contribution in [-0.2, 0) is 9.59 Å². The van der Waals surface area contributed by atoms with Gasteiger partial charge in [0.25, 0.3) is 5.91 Å². The van der Waals surface area contributed by atoms with Gasteiger partial charge in [-0.1, -0.05) is 12.1 Å². The number of rotatable bonds is 9. The minimum Gasteiger partial charge on any atom is -0.492 e. The van der Waals surface area contributed by atoms with Gasteiger partial charge in [-0.15, -0.1) is 0 Å². The smallest absolute Gasteiger partial charge is 0.252 e. The Morgan fingerprint density at radius 2 is 2.00 bits per heavy atom. The number of ether oxygens (including phenoxy) is 1. The largest absolute Gasteiger partial charge is 0.492 e. The van der Waals surface area contributed by atoms with Crippen LogP contribution in [0.5, 0.6) is 5.75 Å². The summed E-state index contributed by atoms with van der Waals surface area (Å²) >= 11 is 0. The maximum atomic E-state index is 13.1. The lowest BCUT2D eigenvalue weighted by Crippen LogP contribution is -2.51. The molecule has 0 spiro atoms.